The Labute approximate surface area is 650 Å². The SMILES string of the molecule is C1COCCN1.CC(C)(C)OC(=O)N1CCN(c2nc3ccccc3o2)CC1.CC(C)(C)OC(=O)N1CCNCC1.COC(=O)C1CCCN(c2nc3ccccc3o2)C1.COC(=O)C1CCCNC1.c1ccc2oc(N3CCOCC3)nc2c1.c1ccc2ocnc2c1.c1ccc2ocnc2c1.c1ccc2ocnc2c1. The van der Waals surface area contributed by atoms with Gasteiger partial charge in [0.15, 0.2) is 52.7 Å². The van der Waals surface area contributed by atoms with Crippen molar-refractivity contribution in [1.29, 1.82) is 0 Å². The van der Waals surface area contributed by atoms with E-state index in [2.05, 4.69) is 60.4 Å². The molecule has 12 heterocycles. The Kier molecular flexibility index (Phi) is 31.9. The van der Waals surface area contributed by atoms with Gasteiger partial charge in [-0.1, -0.05) is 72.8 Å². The van der Waals surface area contributed by atoms with E-state index >= 15 is 0 Å². The first kappa shape index (κ1) is 83.3. The van der Waals surface area contributed by atoms with Gasteiger partial charge in [0.1, 0.15) is 44.3 Å². The zero-order chi connectivity index (χ0) is 78.9. The van der Waals surface area contributed by atoms with Crippen molar-refractivity contribution >= 4 is 109 Å². The fourth-order valence-electron chi connectivity index (χ4n) is 12.0. The summed E-state index contributed by atoms with van der Waals surface area (Å²) in [6, 6.07) is 48.1. The molecule has 6 aliphatic rings. The second kappa shape index (κ2) is 42.9. The Balaban J connectivity index is 0.000000137. The van der Waals surface area contributed by atoms with Gasteiger partial charge in [-0.3, -0.25) is 9.59 Å². The lowest BCUT2D eigenvalue weighted by molar-refractivity contribution is -0.146. The number of benzene rings is 6. The van der Waals surface area contributed by atoms with Crippen LogP contribution in [0.3, 0.4) is 0 Å². The fraction of sp³-hybridized carbons (Fsp3) is 0.439. The van der Waals surface area contributed by atoms with E-state index in [0.717, 1.165) is 191 Å². The number of hydrogen-bond donors (Lipinski definition) is 3. The molecule has 6 aliphatic heterocycles. The van der Waals surface area contributed by atoms with Gasteiger partial charge in [0, 0.05) is 98.2 Å². The molecule has 2 amide bonds. The monoisotopic (exact) mass is 1540 g/mol. The van der Waals surface area contributed by atoms with Crippen LogP contribution < -0.4 is 30.7 Å². The number of oxazole rings is 6. The van der Waals surface area contributed by atoms with E-state index in [9.17, 15) is 19.2 Å². The lowest BCUT2D eigenvalue weighted by atomic mass is 9.99. The van der Waals surface area contributed by atoms with E-state index in [1.165, 1.54) is 33.4 Å². The Morgan fingerprint density at radius 2 is 0.750 bits per heavy atom. The van der Waals surface area contributed by atoms with Crippen LogP contribution in [0, 0.1) is 11.8 Å². The van der Waals surface area contributed by atoms with Gasteiger partial charge < -0.3 is 95.4 Å². The Morgan fingerprint density at radius 1 is 0.384 bits per heavy atom. The third-order valence-electron chi connectivity index (χ3n) is 17.7. The van der Waals surface area contributed by atoms with Crippen LogP contribution in [0.4, 0.5) is 27.6 Å². The second-order valence-corrected chi connectivity index (χ2v) is 28.4. The number of aromatic nitrogens is 6. The van der Waals surface area contributed by atoms with Gasteiger partial charge in [0.2, 0.25) is 0 Å². The second-order valence-electron chi connectivity index (χ2n) is 28.4. The van der Waals surface area contributed by atoms with Crippen LogP contribution >= 0.6 is 0 Å². The molecule has 0 bridgehead atoms. The van der Waals surface area contributed by atoms with Crippen LogP contribution in [0.1, 0.15) is 67.2 Å². The number of methoxy groups -OCH3 is 2. The van der Waals surface area contributed by atoms with Crippen molar-refractivity contribution in [3.63, 3.8) is 0 Å². The lowest BCUT2D eigenvalue weighted by Gasteiger charge is -2.34. The van der Waals surface area contributed by atoms with Crippen molar-refractivity contribution < 1.29 is 74.1 Å². The molecular formula is C82H104N14O16. The molecule has 0 saturated carbocycles. The van der Waals surface area contributed by atoms with Gasteiger partial charge in [-0.2, -0.15) is 15.0 Å². The molecule has 598 valence electrons. The van der Waals surface area contributed by atoms with Crippen molar-refractivity contribution in [1.82, 2.24) is 55.7 Å². The standard InChI is InChI=1S/C16H21N3O3.C14H16N2O3.C11H12N2O2.C9H18N2O2.C7H13NO2.3C7H5NO.C4H9NO/c1-16(2,3)22-15(20)19-10-8-18(9-11-19)14-17-12-6-4-5-7-13(12)21-14;1-18-13(17)10-5-4-8-16(9-10)14-15-11-6-2-3-7-12(11)19-14;1-2-4-10-9(3-1)12-11(15-10)13-5-7-14-8-6-13;1-9(2,3)13-8(12)11-6-4-10-5-7-11;1-10-7(9)6-3-2-4-8-5-6;3*1-2-4-7-6(3-1)8-5-9-7;1-3-6-4-2-5-1/h4-7H,8-11H2,1-3H3;2-3,6-7,10H,4-5,8-9H2,1H3;1-4H,5-8H2;10H,4-7H2,1-3H3;6,8H,2-5H2,1H3;3*1-5H;5H,1-4H2. The van der Waals surface area contributed by atoms with E-state index in [1.54, 1.807) is 9.80 Å². The number of nitrogens with one attached hydrogen (secondary N) is 3. The molecule has 12 aromatic rings. The highest BCUT2D eigenvalue weighted by atomic mass is 16.6. The maximum absolute atomic E-state index is 12.0. The molecule has 0 spiro atoms. The summed E-state index contributed by atoms with van der Waals surface area (Å²) in [6.45, 7) is 27.4. The van der Waals surface area contributed by atoms with Crippen LogP contribution in [0.2, 0.25) is 0 Å². The topological polar surface area (TPSA) is 332 Å². The van der Waals surface area contributed by atoms with Crippen molar-refractivity contribution in [2.24, 2.45) is 11.8 Å². The quantitative estimate of drug-likeness (QED) is 0.106. The summed E-state index contributed by atoms with van der Waals surface area (Å²) < 4.78 is 62.5. The number of carbonyl (C=O) groups excluding carboxylic acids is 4. The van der Waals surface area contributed by atoms with Gasteiger partial charge in [-0.25, -0.2) is 24.5 Å². The zero-order valence-electron chi connectivity index (χ0n) is 65.2. The Bertz CT molecular complexity index is 4400. The molecule has 6 aromatic heterocycles. The van der Waals surface area contributed by atoms with Crippen molar-refractivity contribution in [2.45, 2.75) is 78.4 Å². The van der Waals surface area contributed by atoms with Crippen LogP contribution in [-0.2, 0) is 38.0 Å². The number of piperidine rings is 2. The number of anilines is 3. The highest BCUT2D eigenvalue weighted by Gasteiger charge is 2.31. The molecule has 2 atom stereocenters. The van der Waals surface area contributed by atoms with Crippen LogP contribution in [0.15, 0.2) is 191 Å². The van der Waals surface area contributed by atoms with E-state index in [1.807, 2.05) is 192 Å². The number of hydrogen-bond acceptors (Lipinski definition) is 28. The first-order valence-electron chi connectivity index (χ1n) is 37.9. The van der Waals surface area contributed by atoms with Gasteiger partial charge >= 0.3 is 24.1 Å². The number of morpholine rings is 2. The highest BCUT2D eigenvalue weighted by molar-refractivity contribution is 5.78. The Morgan fingerprint density at radius 3 is 1.12 bits per heavy atom. The number of fused-ring (bicyclic) bond motifs is 6. The van der Waals surface area contributed by atoms with Crippen LogP contribution in [0.5, 0.6) is 0 Å². The average Bonchev–Trinajstić information content (AvgIpc) is 1.68. The molecule has 30 nitrogen and oxygen atoms in total. The summed E-state index contributed by atoms with van der Waals surface area (Å²) in [5.74, 6) is -0.222. The minimum Gasteiger partial charge on any atom is -0.469 e. The van der Waals surface area contributed by atoms with E-state index in [4.69, 9.17) is 50.2 Å². The van der Waals surface area contributed by atoms with Gasteiger partial charge in [-0.05, 0) is 147 Å². The predicted molar refractivity (Wildman–Crippen MR) is 426 cm³/mol. The molecule has 0 radical (unpaired) electrons. The van der Waals surface area contributed by atoms with E-state index in [0.29, 0.717) is 50.8 Å². The summed E-state index contributed by atoms with van der Waals surface area (Å²) in [5.41, 5.74) is 9.45. The minimum absolute atomic E-state index is 0.0767. The maximum Gasteiger partial charge on any atom is 0.410 e. The smallest absolute Gasteiger partial charge is 0.410 e. The van der Waals surface area contributed by atoms with Gasteiger partial charge in [-0.15, -0.1) is 0 Å². The predicted octanol–water partition coefficient (Wildman–Crippen LogP) is 12.8. The summed E-state index contributed by atoms with van der Waals surface area (Å²) in [5, 5.41) is 9.49. The normalized spacial score (nSPS) is 17.0. The summed E-state index contributed by atoms with van der Waals surface area (Å²) in [7, 11) is 2.87. The lowest BCUT2D eigenvalue weighted by Crippen LogP contribution is -2.50. The number of esters is 2. The van der Waals surface area contributed by atoms with Crippen LogP contribution in [-0.4, -0.2) is 220 Å². The van der Waals surface area contributed by atoms with E-state index < -0.39 is 5.60 Å². The summed E-state index contributed by atoms with van der Waals surface area (Å²) in [4.78, 5) is 81.0. The fourth-order valence-corrected chi connectivity index (χ4v) is 12.0. The molecule has 3 N–H and O–H groups in total. The molecule has 2 unspecified atom stereocenters. The molecule has 30 heteroatoms. The average molecular weight is 1540 g/mol. The number of para-hydroxylation sites is 12. The molecule has 18 rings (SSSR count). The molecule has 6 aromatic carbocycles. The highest BCUT2D eigenvalue weighted by Crippen LogP contribution is 2.28. The molecule has 6 saturated heterocycles. The van der Waals surface area contributed by atoms with Gasteiger partial charge in [0.25, 0.3) is 18.0 Å². The third-order valence-corrected chi connectivity index (χ3v) is 17.7. The number of carbonyl (C=O) groups is 4. The first-order chi connectivity index (χ1) is 54.4. The summed E-state index contributed by atoms with van der Waals surface area (Å²) in [6.07, 6.45) is 7.75. The molecular weight excluding hydrogens is 1440 g/mol. The number of nitrogens with zero attached hydrogens (tertiary/aromatic N) is 11. The zero-order valence-corrected chi connectivity index (χ0v) is 65.2. The molecule has 0 aliphatic carbocycles. The van der Waals surface area contributed by atoms with Gasteiger partial charge in [0.05, 0.1) is 52.5 Å². The number of rotatable bonds is 5. The van der Waals surface area contributed by atoms with Crippen molar-refractivity contribution in [3.8, 4) is 0 Å². The number of piperazine rings is 2. The molecule has 112 heavy (non-hydrogen) atoms. The van der Waals surface area contributed by atoms with E-state index in [-0.39, 0.29) is 41.6 Å². The van der Waals surface area contributed by atoms with Crippen LogP contribution in [0.25, 0.3) is 66.6 Å². The summed E-state index contributed by atoms with van der Waals surface area (Å²) >= 11 is 0. The third kappa shape index (κ3) is 26.5. The molecule has 6 fully saturated rings. The largest absolute Gasteiger partial charge is 0.469 e. The maximum atomic E-state index is 12.0. The number of ether oxygens (including phenoxy) is 6. The Hall–Kier alpha value is -11.2. The number of amides is 2. The first-order valence-corrected chi connectivity index (χ1v) is 37.9. The van der Waals surface area contributed by atoms with Crippen molar-refractivity contribution in [2.75, 3.05) is 160 Å². The van der Waals surface area contributed by atoms with Crippen molar-refractivity contribution in [3.05, 3.63) is 165 Å². The minimum atomic E-state index is -0.464.